The second-order valence-electron chi connectivity index (χ2n) is 6.49. The molecule has 2 aliphatic rings. The molecular weight excluding hydrogens is 201 g/mol. The van der Waals surface area contributed by atoms with E-state index in [2.05, 4.69) is 46.6 Å². The Labute approximate surface area is 99.6 Å². The summed E-state index contributed by atoms with van der Waals surface area (Å²) in [6.45, 7) is 13.0. The molecule has 2 saturated heterocycles. The third-order valence-corrected chi connectivity index (χ3v) is 4.47. The van der Waals surface area contributed by atoms with E-state index in [9.17, 15) is 0 Å². The molecule has 0 N–H and O–H groups in total. The predicted octanol–water partition coefficient (Wildman–Crippen LogP) is 2.03. The summed E-state index contributed by atoms with van der Waals surface area (Å²) < 4.78 is 12.2. The molecule has 2 rings (SSSR count). The zero-order chi connectivity index (χ0) is 12.1. The van der Waals surface area contributed by atoms with Crippen molar-refractivity contribution in [2.24, 2.45) is 5.92 Å². The van der Waals surface area contributed by atoms with Crippen LogP contribution in [0.2, 0.25) is 5.82 Å². The monoisotopic (exact) mass is 225 g/mol. The fourth-order valence-corrected chi connectivity index (χ4v) is 2.66. The molecule has 0 saturated carbocycles. The molecule has 2 heterocycles. The van der Waals surface area contributed by atoms with E-state index in [1.54, 1.807) is 0 Å². The van der Waals surface area contributed by atoms with Crippen LogP contribution in [0.4, 0.5) is 0 Å². The van der Waals surface area contributed by atoms with Crippen LogP contribution in [0.25, 0.3) is 0 Å². The fraction of sp³-hybridized carbons (Fsp3) is 1.00. The summed E-state index contributed by atoms with van der Waals surface area (Å²) in [6, 6.07) is 0. The minimum Gasteiger partial charge on any atom is -0.403 e. The maximum Gasteiger partial charge on any atom is 0.462 e. The van der Waals surface area contributed by atoms with Gasteiger partial charge in [-0.05, 0) is 47.2 Å². The van der Waals surface area contributed by atoms with Crippen LogP contribution >= 0.6 is 0 Å². The highest BCUT2D eigenvalue weighted by molar-refractivity contribution is 6.47. The summed E-state index contributed by atoms with van der Waals surface area (Å²) in [7, 11) is 2.13. The fourth-order valence-electron chi connectivity index (χ4n) is 2.66. The average molecular weight is 225 g/mol. The van der Waals surface area contributed by atoms with Crippen LogP contribution < -0.4 is 0 Å². The summed E-state index contributed by atoms with van der Waals surface area (Å²) in [6.07, 6.45) is 0. The van der Waals surface area contributed by atoms with Crippen LogP contribution in [-0.2, 0) is 9.31 Å². The van der Waals surface area contributed by atoms with E-state index in [4.69, 9.17) is 9.31 Å². The molecule has 16 heavy (non-hydrogen) atoms. The molecule has 92 valence electrons. The van der Waals surface area contributed by atoms with Gasteiger partial charge in [-0.2, -0.15) is 0 Å². The summed E-state index contributed by atoms with van der Waals surface area (Å²) in [5.74, 6) is 1.16. The van der Waals surface area contributed by atoms with E-state index in [-0.39, 0.29) is 18.3 Å². The van der Waals surface area contributed by atoms with E-state index in [1.165, 1.54) is 0 Å². The van der Waals surface area contributed by atoms with Crippen LogP contribution in [0.5, 0.6) is 0 Å². The molecule has 2 aliphatic heterocycles. The summed E-state index contributed by atoms with van der Waals surface area (Å²) in [4.78, 5) is 2.36. The van der Waals surface area contributed by atoms with Crippen molar-refractivity contribution in [1.82, 2.24) is 4.90 Å². The third-order valence-electron chi connectivity index (χ3n) is 4.47. The van der Waals surface area contributed by atoms with Crippen LogP contribution in [0, 0.1) is 5.92 Å². The van der Waals surface area contributed by atoms with Gasteiger partial charge in [-0.25, -0.2) is 0 Å². The van der Waals surface area contributed by atoms with Crippen LogP contribution in [0.1, 0.15) is 34.6 Å². The first-order valence-corrected chi connectivity index (χ1v) is 6.27. The van der Waals surface area contributed by atoms with Crippen molar-refractivity contribution >= 4 is 7.12 Å². The lowest BCUT2D eigenvalue weighted by Crippen LogP contribution is -2.41. The number of hydrogen-bond donors (Lipinski definition) is 0. The zero-order valence-corrected chi connectivity index (χ0v) is 11.4. The molecular formula is C12H24BNO2. The van der Waals surface area contributed by atoms with Gasteiger partial charge in [-0.15, -0.1) is 0 Å². The molecule has 3 nitrogen and oxygen atoms in total. The quantitative estimate of drug-likeness (QED) is 0.637. The number of hydrogen-bond acceptors (Lipinski definition) is 3. The maximum absolute atomic E-state index is 6.12. The second-order valence-corrected chi connectivity index (χ2v) is 6.49. The van der Waals surface area contributed by atoms with Crippen LogP contribution in [0.15, 0.2) is 0 Å². The minimum atomic E-state index is -0.196. The molecule has 4 heteroatoms. The molecule has 2 fully saturated rings. The van der Waals surface area contributed by atoms with Gasteiger partial charge in [-0.3, -0.25) is 0 Å². The zero-order valence-electron chi connectivity index (χ0n) is 11.4. The third kappa shape index (κ3) is 1.91. The maximum atomic E-state index is 6.12. The summed E-state index contributed by atoms with van der Waals surface area (Å²) in [5.41, 5.74) is -0.392. The Morgan fingerprint density at radius 1 is 1.06 bits per heavy atom. The first-order chi connectivity index (χ1) is 7.23. The Bertz CT molecular complexity index is 264. The Morgan fingerprint density at radius 2 is 1.56 bits per heavy atom. The van der Waals surface area contributed by atoms with Crippen LogP contribution in [0.3, 0.4) is 0 Å². The van der Waals surface area contributed by atoms with Gasteiger partial charge in [0.25, 0.3) is 0 Å². The van der Waals surface area contributed by atoms with Crippen molar-refractivity contribution in [1.29, 1.82) is 0 Å². The Hall–Kier alpha value is -0.0551. The molecule has 0 bridgehead atoms. The van der Waals surface area contributed by atoms with Gasteiger partial charge in [0.05, 0.1) is 11.2 Å². The van der Waals surface area contributed by atoms with Gasteiger partial charge >= 0.3 is 7.12 Å². The lowest BCUT2D eigenvalue weighted by atomic mass is 9.67. The first-order valence-electron chi connectivity index (χ1n) is 6.27. The Balaban J connectivity index is 2.09. The lowest BCUT2D eigenvalue weighted by molar-refractivity contribution is 0.00578. The van der Waals surface area contributed by atoms with E-state index in [1.807, 2.05) is 0 Å². The molecule has 0 aromatic carbocycles. The number of likely N-dealkylation sites (tertiary alicyclic amines) is 1. The van der Waals surface area contributed by atoms with Gasteiger partial charge in [0.15, 0.2) is 0 Å². The second kappa shape index (κ2) is 3.72. The van der Waals surface area contributed by atoms with Crippen LogP contribution in [-0.4, -0.2) is 43.4 Å². The Kier molecular flexibility index (Phi) is 2.88. The summed E-state index contributed by atoms with van der Waals surface area (Å²) >= 11 is 0. The summed E-state index contributed by atoms with van der Waals surface area (Å²) in [5, 5.41) is 0. The van der Waals surface area contributed by atoms with E-state index in [0.29, 0.717) is 11.7 Å². The highest BCUT2D eigenvalue weighted by Gasteiger charge is 2.55. The van der Waals surface area contributed by atoms with E-state index >= 15 is 0 Å². The number of rotatable bonds is 1. The standard InChI is InChI=1S/C12H24BNO2/c1-9-7-14(6)8-10(9)13-15-11(2,3)12(4,5)16-13/h9-10H,7-8H2,1-6H3. The highest BCUT2D eigenvalue weighted by Crippen LogP contribution is 2.43. The van der Waals surface area contributed by atoms with Crippen molar-refractivity contribution in [3.8, 4) is 0 Å². The van der Waals surface area contributed by atoms with E-state index in [0.717, 1.165) is 13.1 Å². The normalized spacial score (nSPS) is 38.2. The molecule has 2 atom stereocenters. The largest absolute Gasteiger partial charge is 0.462 e. The van der Waals surface area contributed by atoms with E-state index < -0.39 is 0 Å². The average Bonchev–Trinajstić information content (AvgIpc) is 2.51. The van der Waals surface area contributed by atoms with Crippen molar-refractivity contribution in [2.45, 2.75) is 51.6 Å². The minimum absolute atomic E-state index is 0.0371. The van der Waals surface area contributed by atoms with Gasteiger partial charge < -0.3 is 14.2 Å². The highest BCUT2D eigenvalue weighted by atomic mass is 16.7. The van der Waals surface area contributed by atoms with Gasteiger partial charge in [0.2, 0.25) is 0 Å². The van der Waals surface area contributed by atoms with Crippen molar-refractivity contribution in [3.63, 3.8) is 0 Å². The lowest BCUT2D eigenvalue weighted by Gasteiger charge is -2.32. The van der Waals surface area contributed by atoms with Gasteiger partial charge in [-0.1, -0.05) is 6.92 Å². The molecule has 0 aliphatic carbocycles. The van der Waals surface area contributed by atoms with Crippen molar-refractivity contribution in [2.75, 3.05) is 20.1 Å². The topological polar surface area (TPSA) is 21.7 Å². The predicted molar refractivity (Wildman–Crippen MR) is 66.5 cm³/mol. The molecule has 2 unspecified atom stereocenters. The first kappa shape index (κ1) is 12.4. The SMILES string of the molecule is CC1CN(C)CC1B1OC(C)(C)C(C)(C)O1. The number of nitrogens with zero attached hydrogens (tertiary/aromatic N) is 1. The molecule has 0 amide bonds. The van der Waals surface area contributed by atoms with Gasteiger partial charge in [0.1, 0.15) is 0 Å². The smallest absolute Gasteiger partial charge is 0.403 e. The van der Waals surface area contributed by atoms with Gasteiger partial charge in [0, 0.05) is 12.4 Å². The Morgan fingerprint density at radius 3 is 1.94 bits per heavy atom. The molecule has 0 spiro atoms. The van der Waals surface area contributed by atoms with Crippen molar-refractivity contribution in [3.05, 3.63) is 0 Å². The molecule has 0 aromatic heterocycles. The molecule has 0 aromatic rings. The van der Waals surface area contributed by atoms with Crippen molar-refractivity contribution < 1.29 is 9.31 Å². The molecule has 0 radical (unpaired) electrons.